The van der Waals surface area contributed by atoms with Gasteiger partial charge in [-0.25, -0.2) is 9.18 Å². The molecule has 3 N–H and O–H groups in total. The standard InChI is InChI=1S/C48H71FN2O10/c1-9-34-24-29(3)42(49)30(4)25-40(57-7)44-41(58-8)26-32(6)48(56,61-44)45(53)46(54)51-22-14-13-17-37(51)47(55)60-43(28(2)18-21-38(34)52)31(5)23-33-19-20-36(50)39(27-33)59-35-15-11-10-12-16-35/h10-12,15-16,23-24,28,30,32-34,36-37,39-44,56H,9,13-14,17-22,25-27,50H2,1-8H3. The molecular formula is C48H71FN2O10. The number of rotatable bonds is 7. The number of cyclic esters (lactones) is 1. The zero-order valence-electron chi connectivity index (χ0n) is 37.6. The lowest BCUT2D eigenvalue weighted by Gasteiger charge is -2.47. The Bertz CT molecular complexity index is 1720. The second-order valence-corrected chi connectivity index (χ2v) is 18.3. The van der Waals surface area contributed by atoms with Crippen LogP contribution < -0.4 is 10.5 Å². The molecule has 1 aromatic carbocycles. The Morgan fingerprint density at radius 1 is 0.951 bits per heavy atom. The molecule has 1 amide bonds. The van der Waals surface area contributed by atoms with E-state index in [-0.39, 0.29) is 62.0 Å². The number of carbonyl (C=O) groups excluding carboxylic acids is 4. The molecule has 340 valence electrons. The number of allylic oxidation sites excluding steroid dienone is 3. The monoisotopic (exact) mass is 855 g/mol. The highest BCUT2D eigenvalue weighted by molar-refractivity contribution is 6.39. The first-order chi connectivity index (χ1) is 29.0. The molecular weight excluding hydrogens is 784 g/mol. The van der Waals surface area contributed by atoms with Crippen LogP contribution in [0.4, 0.5) is 4.39 Å². The number of methoxy groups -OCH3 is 2. The van der Waals surface area contributed by atoms with Crippen molar-refractivity contribution in [2.24, 2.45) is 35.3 Å². The molecule has 1 saturated carbocycles. The fourth-order valence-corrected chi connectivity index (χ4v) is 9.89. The number of para-hydroxylation sites is 1. The molecule has 12 nitrogen and oxygen atoms in total. The highest BCUT2D eigenvalue weighted by Gasteiger charge is 2.56. The molecule has 2 saturated heterocycles. The van der Waals surface area contributed by atoms with Crippen molar-refractivity contribution < 1.29 is 52.4 Å². The predicted octanol–water partition coefficient (Wildman–Crippen LogP) is 6.85. The first kappa shape index (κ1) is 48.5. The fraction of sp³-hybridized carbons (Fsp3) is 0.708. The lowest BCUT2D eigenvalue weighted by molar-refractivity contribution is -0.302. The summed E-state index contributed by atoms with van der Waals surface area (Å²) in [6.45, 7) is 10.9. The number of halogens is 1. The van der Waals surface area contributed by atoms with Crippen molar-refractivity contribution in [1.82, 2.24) is 4.90 Å². The van der Waals surface area contributed by atoms with Gasteiger partial charge in [-0.15, -0.1) is 0 Å². The number of carbonyl (C=O) groups is 4. The van der Waals surface area contributed by atoms with Gasteiger partial charge in [0.05, 0.1) is 12.2 Å². The van der Waals surface area contributed by atoms with E-state index in [1.165, 1.54) is 19.1 Å². The molecule has 13 heteroatoms. The highest BCUT2D eigenvalue weighted by Crippen LogP contribution is 2.39. The second-order valence-electron chi connectivity index (χ2n) is 18.3. The molecule has 2 bridgehead atoms. The molecule has 0 aromatic heterocycles. The SMILES string of the molecule is CCC1C=C(C)C(F)C(C)CC(OC)C2OC(O)(C(=O)C(=O)N3CCCCC3C(=O)OC(C(C)=CC3CCC(N)C(Oc4ccccc4)C3)C(C)CCC1=O)C(C)CC2OC. The quantitative estimate of drug-likeness (QED) is 0.168. The number of piperidine rings is 1. The van der Waals surface area contributed by atoms with Gasteiger partial charge in [0.25, 0.3) is 11.7 Å². The van der Waals surface area contributed by atoms with Gasteiger partial charge in [-0.3, -0.25) is 14.4 Å². The minimum absolute atomic E-state index is 0.0300. The van der Waals surface area contributed by atoms with Crippen LogP contribution in [0.3, 0.4) is 0 Å². The summed E-state index contributed by atoms with van der Waals surface area (Å²) in [7, 11) is 2.93. The summed E-state index contributed by atoms with van der Waals surface area (Å²) in [5.74, 6) is -6.99. The number of fused-ring (bicyclic) bond motifs is 3. The van der Waals surface area contributed by atoms with Crippen molar-refractivity contribution >= 4 is 23.4 Å². The average Bonchev–Trinajstić information content (AvgIpc) is 3.26. The normalized spacial score (nSPS) is 38.1. The van der Waals surface area contributed by atoms with Crippen LogP contribution in [-0.4, -0.2) is 109 Å². The van der Waals surface area contributed by atoms with Gasteiger partial charge in [-0.05, 0) is 119 Å². The van der Waals surface area contributed by atoms with E-state index in [1.54, 1.807) is 26.8 Å². The van der Waals surface area contributed by atoms with Crippen molar-refractivity contribution in [3.05, 3.63) is 53.6 Å². The lowest BCUT2D eigenvalue weighted by Crippen LogP contribution is -2.64. The van der Waals surface area contributed by atoms with Crippen LogP contribution in [0.5, 0.6) is 5.75 Å². The summed E-state index contributed by atoms with van der Waals surface area (Å²) >= 11 is 0. The molecule has 14 atom stereocenters. The van der Waals surface area contributed by atoms with Crippen LogP contribution in [0.15, 0.2) is 53.6 Å². The van der Waals surface area contributed by atoms with E-state index >= 15 is 4.39 Å². The number of aliphatic hydroxyl groups is 1. The number of nitrogens with zero attached hydrogens (tertiary/aromatic N) is 1. The molecule has 5 rings (SSSR count). The number of ether oxygens (including phenoxy) is 5. The van der Waals surface area contributed by atoms with Crippen LogP contribution >= 0.6 is 0 Å². The highest BCUT2D eigenvalue weighted by atomic mass is 19.1. The smallest absolute Gasteiger partial charge is 0.329 e. The topological polar surface area (TPSA) is 164 Å². The Balaban J connectivity index is 1.50. The Labute approximate surface area is 362 Å². The molecule has 3 aliphatic heterocycles. The molecule has 0 radical (unpaired) electrons. The van der Waals surface area contributed by atoms with E-state index in [1.807, 2.05) is 51.1 Å². The number of amides is 1. The molecule has 3 heterocycles. The number of esters is 1. The lowest BCUT2D eigenvalue weighted by atomic mass is 9.81. The van der Waals surface area contributed by atoms with Gasteiger partial charge in [-0.1, -0.05) is 58.0 Å². The van der Waals surface area contributed by atoms with Crippen LogP contribution in [0.2, 0.25) is 0 Å². The third-order valence-electron chi connectivity index (χ3n) is 13.8. The van der Waals surface area contributed by atoms with E-state index in [0.29, 0.717) is 37.7 Å². The minimum Gasteiger partial charge on any atom is -0.489 e. The van der Waals surface area contributed by atoms with Crippen LogP contribution in [-0.2, 0) is 38.1 Å². The van der Waals surface area contributed by atoms with Crippen LogP contribution in [0.25, 0.3) is 0 Å². The molecule has 61 heavy (non-hydrogen) atoms. The number of nitrogens with two attached hydrogens (primary N) is 1. The van der Waals surface area contributed by atoms with E-state index in [9.17, 15) is 24.3 Å². The summed E-state index contributed by atoms with van der Waals surface area (Å²) in [4.78, 5) is 58.1. The van der Waals surface area contributed by atoms with Gasteiger partial charge in [-0.2, -0.15) is 0 Å². The molecule has 3 fully saturated rings. The van der Waals surface area contributed by atoms with E-state index in [0.717, 1.165) is 24.2 Å². The number of hydrogen-bond acceptors (Lipinski definition) is 11. The van der Waals surface area contributed by atoms with Gasteiger partial charge in [0.15, 0.2) is 0 Å². The van der Waals surface area contributed by atoms with E-state index < -0.39 is 77.8 Å². The third kappa shape index (κ3) is 11.6. The first-order valence-electron chi connectivity index (χ1n) is 22.5. The van der Waals surface area contributed by atoms with Crippen molar-refractivity contribution in [3.63, 3.8) is 0 Å². The summed E-state index contributed by atoms with van der Waals surface area (Å²) in [6, 6.07) is 8.34. The van der Waals surface area contributed by atoms with Gasteiger partial charge in [0.2, 0.25) is 5.79 Å². The molecule has 0 spiro atoms. The van der Waals surface area contributed by atoms with Crippen molar-refractivity contribution in [3.8, 4) is 5.75 Å². The molecule has 14 unspecified atom stereocenters. The van der Waals surface area contributed by atoms with Gasteiger partial charge < -0.3 is 39.4 Å². The number of benzene rings is 1. The summed E-state index contributed by atoms with van der Waals surface area (Å²) in [5, 5.41) is 12.1. The zero-order valence-corrected chi connectivity index (χ0v) is 37.6. The summed E-state index contributed by atoms with van der Waals surface area (Å²) in [5.41, 5.74) is 7.76. The Morgan fingerprint density at radius 3 is 2.31 bits per heavy atom. The predicted molar refractivity (Wildman–Crippen MR) is 229 cm³/mol. The van der Waals surface area contributed by atoms with Crippen molar-refractivity contribution in [2.75, 3.05) is 20.8 Å². The number of ketones is 2. The summed E-state index contributed by atoms with van der Waals surface area (Å²) in [6.07, 6.45) is 3.90. The average molecular weight is 855 g/mol. The number of alkyl halides is 1. The first-order valence-corrected chi connectivity index (χ1v) is 22.5. The number of Topliss-reactive ketones (excluding diaryl/α,β-unsaturated/α-hetero) is 2. The van der Waals surface area contributed by atoms with Crippen LogP contribution in [0, 0.1) is 29.6 Å². The number of hydrogen-bond donors (Lipinski definition) is 2. The van der Waals surface area contributed by atoms with Crippen molar-refractivity contribution in [1.29, 1.82) is 0 Å². The van der Waals surface area contributed by atoms with Gasteiger partial charge in [0, 0.05) is 45.1 Å². The molecule has 4 aliphatic rings. The van der Waals surface area contributed by atoms with Gasteiger partial charge in [0.1, 0.15) is 42.1 Å². The largest absolute Gasteiger partial charge is 0.489 e. The van der Waals surface area contributed by atoms with Gasteiger partial charge >= 0.3 is 5.97 Å². The Kier molecular flexibility index (Phi) is 17.3. The third-order valence-corrected chi connectivity index (χ3v) is 13.8. The van der Waals surface area contributed by atoms with E-state index in [2.05, 4.69) is 6.08 Å². The van der Waals surface area contributed by atoms with Crippen molar-refractivity contribution in [2.45, 2.75) is 167 Å². The van der Waals surface area contributed by atoms with Crippen LogP contribution in [0.1, 0.15) is 112 Å². The maximum Gasteiger partial charge on any atom is 0.329 e. The Morgan fingerprint density at radius 2 is 1.64 bits per heavy atom. The maximum absolute atomic E-state index is 16.3. The maximum atomic E-state index is 16.3. The van der Waals surface area contributed by atoms with E-state index in [4.69, 9.17) is 29.4 Å². The summed E-state index contributed by atoms with van der Waals surface area (Å²) < 4.78 is 46.8. The minimum atomic E-state index is -2.57. The molecule has 1 aromatic rings. The second kappa shape index (κ2) is 21.7. The Hall–Kier alpha value is -3.49. The molecule has 1 aliphatic carbocycles. The fourth-order valence-electron chi connectivity index (χ4n) is 9.89. The zero-order chi connectivity index (χ0) is 44.6.